The summed E-state index contributed by atoms with van der Waals surface area (Å²) in [7, 11) is 0. The molecule has 2 aromatic carbocycles. The predicted octanol–water partition coefficient (Wildman–Crippen LogP) is 3.26. The highest BCUT2D eigenvalue weighted by atomic mass is 19.1. The lowest BCUT2D eigenvalue weighted by atomic mass is 10.1. The molecule has 0 aliphatic rings. The van der Waals surface area contributed by atoms with Gasteiger partial charge in [-0.25, -0.2) is 4.39 Å². The molecule has 0 spiro atoms. The van der Waals surface area contributed by atoms with Gasteiger partial charge in [0.25, 0.3) is 5.91 Å². The third-order valence-electron chi connectivity index (χ3n) is 3.47. The Bertz CT molecular complexity index is 638. The molecule has 0 aromatic heterocycles. The highest BCUT2D eigenvalue weighted by molar-refractivity contribution is 6.06. The fraction of sp³-hybridized carbons (Fsp3) is 0.235. The predicted molar refractivity (Wildman–Crippen MR) is 82.8 cm³/mol. The summed E-state index contributed by atoms with van der Waals surface area (Å²) < 4.78 is 14.1. The van der Waals surface area contributed by atoms with Crippen molar-refractivity contribution in [3.63, 3.8) is 0 Å². The standard InChI is InChI=1S/C17H19FN2O/c1-3-20(14-9-7-13(11-19)8-10-14)17(21)15-6-4-5-12(2)16(15)18/h4-10H,3,11,19H2,1-2H3. The normalized spacial score (nSPS) is 10.5. The van der Waals surface area contributed by atoms with E-state index in [-0.39, 0.29) is 11.5 Å². The molecule has 2 rings (SSSR count). The molecular formula is C17H19FN2O. The van der Waals surface area contributed by atoms with Crippen molar-refractivity contribution in [1.29, 1.82) is 0 Å². The van der Waals surface area contributed by atoms with Crippen LogP contribution in [0, 0.1) is 12.7 Å². The summed E-state index contributed by atoms with van der Waals surface area (Å²) in [5.74, 6) is -0.793. The van der Waals surface area contributed by atoms with E-state index in [0.717, 1.165) is 11.3 Å². The van der Waals surface area contributed by atoms with Crippen LogP contribution in [0.5, 0.6) is 0 Å². The second-order valence-electron chi connectivity index (χ2n) is 4.86. The van der Waals surface area contributed by atoms with E-state index < -0.39 is 5.82 Å². The van der Waals surface area contributed by atoms with Crippen molar-refractivity contribution in [2.45, 2.75) is 20.4 Å². The molecule has 0 saturated heterocycles. The molecule has 0 bridgehead atoms. The number of hydrogen-bond donors (Lipinski definition) is 1. The van der Waals surface area contributed by atoms with Crippen molar-refractivity contribution < 1.29 is 9.18 Å². The summed E-state index contributed by atoms with van der Waals surface area (Å²) in [6, 6.07) is 12.3. The SMILES string of the molecule is CCN(C(=O)c1cccc(C)c1F)c1ccc(CN)cc1. The Labute approximate surface area is 124 Å². The zero-order valence-corrected chi connectivity index (χ0v) is 12.3. The van der Waals surface area contributed by atoms with Crippen LogP contribution in [0.25, 0.3) is 0 Å². The Morgan fingerprint density at radius 1 is 1.19 bits per heavy atom. The monoisotopic (exact) mass is 286 g/mol. The van der Waals surface area contributed by atoms with Crippen LogP contribution in [0.4, 0.5) is 10.1 Å². The minimum Gasteiger partial charge on any atom is -0.326 e. The van der Waals surface area contributed by atoms with E-state index in [2.05, 4.69) is 0 Å². The van der Waals surface area contributed by atoms with E-state index in [1.165, 1.54) is 6.07 Å². The van der Waals surface area contributed by atoms with Crippen molar-refractivity contribution in [2.75, 3.05) is 11.4 Å². The van der Waals surface area contributed by atoms with Crippen LogP contribution >= 0.6 is 0 Å². The number of carbonyl (C=O) groups is 1. The van der Waals surface area contributed by atoms with Crippen LogP contribution in [0.1, 0.15) is 28.4 Å². The van der Waals surface area contributed by atoms with E-state index in [1.807, 2.05) is 31.2 Å². The number of carbonyl (C=O) groups excluding carboxylic acids is 1. The number of benzene rings is 2. The van der Waals surface area contributed by atoms with Gasteiger partial charge in [-0.05, 0) is 43.2 Å². The average molecular weight is 286 g/mol. The van der Waals surface area contributed by atoms with Gasteiger partial charge in [-0.15, -0.1) is 0 Å². The third kappa shape index (κ3) is 3.11. The summed E-state index contributed by atoms with van der Waals surface area (Å²) in [6.07, 6.45) is 0. The molecule has 0 aliphatic heterocycles. The van der Waals surface area contributed by atoms with Crippen LogP contribution in [0.2, 0.25) is 0 Å². The number of aryl methyl sites for hydroxylation is 1. The molecule has 0 radical (unpaired) electrons. The van der Waals surface area contributed by atoms with Crippen molar-refractivity contribution in [3.05, 3.63) is 65.0 Å². The molecule has 2 aromatic rings. The number of hydrogen-bond acceptors (Lipinski definition) is 2. The first kappa shape index (κ1) is 15.2. The number of nitrogens with zero attached hydrogens (tertiary/aromatic N) is 1. The second-order valence-corrected chi connectivity index (χ2v) is 4.86. The summed E-state index contributed by atoms with van der Waals surface area (Å²) in [5, 5.41) is 0. The average Bonchev–Trinajstić information content (AvgIpc) is 2.51. The molecule has 1 amide bonds. The Balaban J connectivity index is 2.35. The lowest BCUT2D eigenvalue weighted by molar-refractivity contribution is 0.0984. The maximum atomic E-state index is 14.1. The van der Waals surface area contributed by atoms with Gasteiger partial charge in [0.1, 0.15) is 5.82 Å². The molecule has 0 atom stereocenters. The lowest BCUT2D eigenvalue weighted by Crippen LogP contribution is -2.31. The minimum absolute atomic E-state index is 0.0970. The van der Waals surface area contributed by atoms with Crippen LogP contribution in [-0.4, -0.2) is 12.5 Å². The van der Waals surface area contributed by atoms with E-state index in [0.29, 0.717) is 18.7 Å². The first-order chi connectivity index (χ1) is 10.1. The molecule has 110 valence electrons. The Kier molecular flexibility index (Phi) is 4.70. The molecule has 0 saturated carbocycles. The number of rotatable bonds is 4. The van der Waals surface area contributed by atoms with E-state index in [1.54, 1.807) is 24.0 Å². The van der Waals surface area contributed by atoms with Crippen molar-refractivity contribution in [2.24, 2.45) is 5.73 Å². The van der Waals surface area contributed by atoms with Crippen molar-refractivity contribution in [1.82, 2.24) is 0 Å². The molecule has 3 nitrogen and oxygen atoms in total. The van der Waals surface area contributed by atoms with Gasteiger partial charge < -0.3 is 10.6 Å². The highest BCUT2D eigenvalue weighted by Gasteiger charge is 2.20. The number of nitrogens with two attached hydrogens (primary N) is 1. The zero-order valence-electron chi connectivity index (χ0n) is 12.3. The van der Waals surface area contributed by atoms with E-state index >= 15 is 0 Å². The topological polar surface area (TPSA) is 46.3 Å². The van der Waals surface area contributed by atoms with Gasteiger partial charge in [0.2, 0.25) is 0 Å². The van der Waals surface area contributed by atoms with Gasteiger partial charge in [0.15, 0.2) is 0 Å². The highest BCUT2D eigenvalue weighted by Crippen LogP contribution is 2.20. The van der Waals surface area contributed by atoms with Crippen LogP contribution < -0.4 is 10.6 Å². The Hall–Kier alpha value is -2.20. The summed E-state index contributed by atoms with van der Waals surface area (Å²) in [4.78, 5) is 14.1. The molecule has 2 N–H and O–H groups in total. The van der Waals surface area contributed by atoms with E-state index in [9.17, 15) is 9.18 Å². The van der Waals surface area contributed by atoms with Crippen LogP contribution in [0.15, 0.2) is 42.5 Å². The summed E-state index contributed by atoms with van der Waals surface area (Å²) in [5.41, 5.74) is 7.86. The minimum atomic E-state index is -0.459. The maximum absolute atomic E-state index is 14.1. The first-order valence-electron chi connectivity index (χ1n) is 6.94. The van der Waals surface area contributed by atoms with Crippen LogP contribution in [0.3, 0.4) is 0 Å². The third-order valence-corrected chi connectivity index (χ3v) is 3.47. The van der Waals surface area contributed by atoms with Gasteiger partial charge in [-0.3, -0.25) is 4.79 Å². The van der Waals surface area contributed by atoms with Gasteiger partial charge in [0, 0.05) is 18.8 Å². The van der Waals surface area contributed by atoms with E-state index in [4.69, 9.17) is 5.73 Å². The zero-order chi connectivity index (χ0) is 15.4. The van der Waals surface area contributed by atoms with Gasteiger partial charge in [0.05, 0.1) is 5.56 Å². The van der Waals surface area contributed by atoms with Gasteiger partial charge >= 0.3 is 0 Å². The molecule has 0 aliphatic carbocycles. The molecule has 21 heavy (non-hydrogen) atoms. The fourth-order valence-electron chi connectivity index (χ4n) is 2.21. The van der Waals surface area contributed by atoms with Crippen molar-refractivity contribution in [3.8, 4) is 0 Å². The smallest absolute Gasteiger partial charge is 0.261 e. The van der Waals surface area contributed by atoms with Gasteiger partial charge in [-0.2, -0.15) is 0 Å². The molecule has 0 fully saturated rings. The number of halogens is 1. The molecule has 0 heterocycles. The summed E-state index contributed by atoms with van der Waals surface area (Å²) in [6.45, 7) is 4.43. The van der Waals surface area contributed by atoms with Crippen LogP contribution in [-0.2, 0) is 6.54 Å². The number of amides is 1. The first-order valence-corrected chi connectivity index (χ1v) is 6.94. The fourth-order valence-corrected chi connectivity index (χ4v) is 2.21. The molecule has 4 heteroatoms. The molecule has 0 unspecified atom stereocenters. The van der Waals surface area contributed by atoms with Gasteiger partial charge in [-0.1, -0.05) is 24.3 Å². The summed E-state index contributed by atoms with van der Waals surface area (Å²) >= 11 is 0. The molecular weight excluding hydrogens is 267 g/mol. The quantitative estimate of drug-likeness (QED) is 0.937. The maximum Gasteiger partial charge on any atom is 0.261 e. The second kappa shape index (κ2) is 6.50. The van der Waals surface area contributed by atoms with Crippen molar-refractivity contribution >= 4 is 11.6 Å². The Morgan fingerprint density at radius 2 is 1.86 bits per heavy atom. The lowest BCUT2D eigenvalue weighted by Gasteiger charge is -2.22. The Morgan fingerprint density at radius 3 is 2.43 bits per heavy atom. The largest absolute Gasteiger partial charge is 0.326 e. The number of anilines is 1.